The summed E-state index contributed by atoms with van der Waals surface area (Å²) in [7, 11) is 0. The van der Waals surface area contributed by atoms with Crippen LogP contribution in [0.3, 0.4) is 0 Å². The SMILES string of the molecule is Cc1ccc(O)cc1-n1nc(-c2ccccc2)c(C(N)=O)c1N. The van der Waals surface area contributed by atoms with Crippen molar-refractivity contribution in [2.75, 3.05) is 5.73 Å². The van der Waals surface area contributed by atoms with Crippen molar-refractivity contribution in [3.63, 3.8) is 0 Å². The summed E-state index contributed by atoms with van der Waals surface area (Å²) in [5, 5.41) is 14.2. The van der Waals surface area contributed by atoms with E-state index in [1.54, 1.807) is 12.1 Å². The van der Waals surface area contributed by atoms with Crippen LogP contribution < -0.4 is 11.5 Å². The van der Waals surface area contributed by atoms with Gasteiger partial charge in [-0.3, -0.25) is 4.79 Å². The summed E-state index contributed by atoms with van der Waals surface area (Å²) >= 11 is 0. The van der Waals surface area contributed by atoms with Crippen LogP contribution >= 0.6 is 0 Å². The first-order valence-electron chi connectivity index (χ1n) is 7.02. The second-order valence-corrected chi connectivity index (χ2v) is 5.22. The summed E-state index contributed by atoms with van der Waals surface area (Å²) in [4.78, 5) is 11.9. The van der Waals surface area contributed by atoms with Crippen molar-refractivity contribution < 1.29 is 9.90 Å². The molecule has 1 aromatic heterocycles. The largest absolute Gasteiger partial charge is 0.508 e. The quantitative estimate of drug-likeness (QED) is 0.689. The molecule has 0 aliphatic rings. The second kappa shape index (κ2) is 5.49. The van der Waals surface area contributed by atoms with Gasteiger partial charge in [-0.2, -0.15) is 5.10 Å². The minimum Gasteiger partial charge on any atom is -0.508 e. The zero-order valence-corrected chi connectivity index (χ0v) is 12.5. The maximum atomic E-state index is 11.9. The number of benzene rings is 2. The van der Waals surface area contributed by atoms with Crippen LogP contribution in [0.25, 0.3) is 16.9 Å². The molecule has 2 aromatic carbocycles. The van der Waals surface area contributed by atoms with Crippen LogP contribution in [0.15, 0.2) is 48.5 Å². The number of hydrogen-bond acceptors (Lipinski definition) is 4. The van der Waals surface area contributed by atoms with Crippen molar-refractivity contribution in [1.29, 1.82) is 0 Å². The van der Waals surface area contributed by atoms with Crippen molar-refractivity contribution in [1.82, 2.24) is 9.78 Å². The van der Waals surface area contributed by atoms with Crippen LogP contribution in [0.4, 0.5) is 5.82 Å². The van der Waals surface area contributed by atoms with Gasteiger partial charge in [-0.25, -0.2) is 4.68 Å². The molecule has 0 atom stereocenters. The van der Waals surface area contributed by atoms with Crippen molar-refractivity contribution in [3.8, 4) is 22.7 Å². The predicted molar refractivity (Wildman–Crippen MR) is 88.3 cm³/mol. The molecule has 0 saturated carbocycles. The molecule has 23 heavy (non-hydrogen) atoms. The number of carbonyl (C=O) groups excluding carboxylic acids is 1. The molecule has 1 heterocycles. The van der Waals surface area contributed by atoms with E-state index in [1.165, 1.54) is 10.7 Å². The zero-order valence-electron chi connectivity index (χ0n) is 12.5. The number of rotatable bonds is 3. The van der Waals surface area contributed by atoms with Gasteiger partial charge < -0.3 is 16.6 Å². The van der Waals surface area contributed by atoms with Crippen LogP contribution in [0.2, 0.25) is 0 Å². The highest BCUT2D eigenvalue weighted by Crippen LogP contribution is 2.30. The van der Waals surface area contributed by atoms with Crippen molar-refractivity contribution in [3.05, 3.63) is 59.7 Å². The van der Waals surface area contributed by atoms with Crippen molar-refractivity contribution in [2.24, 2.45) is 5.73 Å². The molecule has 6 nitrogen and oxygen atoms in total. The number of phenolic OH excluding ortho intramolecular Hbond substituents is 1. The first-order valence-corrected chi connectivity index (χ1v) is 7.02. The number of phenols is 1. The van der Waals surface area contributed by atoms with Crippen LogP contribution in [0, 0.1) is 6.92 Å². The Hall–Kier alpha value is -3.28. The summed E-state index contributed by atoms with van der Waals surface area (Å²) in [6, 6.07) is 14.1. The highest BCUT2D eigenvalue weighted by Gasteiger charge is 2.22. The van der Waals surface area contributed by atoms with Gasteiger partial charge in [-0.15, -0.1) is 0 Å². The Kier molecular flexibility index (Phi) is 3.50. The number of nitrogen functional groups attached to an aromatic ring is 1. The molecule has 3 aromatic rings. The molecule has 0 unspecified atom stereocenters. The highest BCUT2D eigenvalue weighted by atomic mass is 16.3. The number of aryl methyl sites for hydroxylation is 1. The minimum absolute atomic E-state index is 0.0855. The zero-order chi connectivity index (χ0) is 16.6. The van der Waals surface area contributed by atoms with Gasteiger partial charge in [0.05, 0.1) is 5.69 Å². The molecule has 6 heteroatoms. The number of nitrogens with two attached hydrogens (primary N) is 2. The highest BCUT2D eigenvalue weighted by molar-refractivity contribution is 6.03. The summed E-state index contributed by atoms with van der Waals surface area (Å²) in [6.45, 7) is 1.86. The Morgan fingerprint density at radius 2 is 1.87 bits per heavy atom. The maximum absolute atomic E-state index is 11.9. The third-order valence-corrected chi connectivity index (χ3v) is 3.64. The van der Waals surface area contributed by atoms with E-state index in [1.807, 2.05) is 37.3 Å². The van der Waals surface area contributed by atoms with Gasteiger partial charge in [0, 0.05) is 11.6 Å². The van der Waals surface area contributed by atoms with Gasteiger partial charge in [-0.05, 0) is 18.6 Å². The van der Waals surface area contributed by atoms with E-state index in [2.05, 4.69) is 5.10 Å². The number of amides is 1. The second-order valence-electron chi connectivity index (χ2n) is 5.22. The lowest BCUT2D eigenvalue weighted by Crippen LogP contribution is -2.14. The summed E-state index contributed by atoms with van der Waals surface area (Å²) in [5.74, 6) is -0.419. The minimum atomic E-state index is -0.648. The fourth-order valence-electron chi connectivity index (χ4n) is 2.48. The van der Waals surface area contributed by atoms with E-state index in [-0.39, 0.29) is 17.1 Å². The van der Waals surface area contributed by atoms with E-state index < -0.39 is 5.91 Å². The van der Waals surface area contributed by atoms with Crippen molar-refractivity contribution in [2.45, 2.75) is 6.92 Å². The smallest absolute Gasteiger partial charge is 0.254 e. The number of aromatic nitrogens is 2. The fraction of sp³-hybridized carbons (Fsp3) is 0.0588. The Morgan fingerprint density at radius 1 is 1.17 bits per heavy atom. The first kappa shape index (κ1) is 14.6. The predicted octanol–water partition coefficient (Wildman–Crippen LogP) is 2.23. The van der Waals surface area contributed by atoms with Gasteiger partial charge in [-0.1, -0.05) is 36.4 Å². The van der Waals surface area contributed by atoms with Crippen LogP contribution in [0.5, 0.6) is 5.75 Å². The average molecular weight is 308 g/mol. The van der Waals surface area contributed by atoms with E-state index in [4.69, 9.17) is 11.5 Å². The summed E-state index contributed by atoms with van der Waals surface area (Å²) in [5.41, 5.74) is 14.4. The van der Waals surface area contributed by atoms with Gasteiger partial charge in [0.25, 0.3) is 5.91 Å². The molecule has 0 saturated heterocycles. The molecule has 0 radical (unpaired) electrons. The number of carbonyl (C=O) groups is 1. The fourth-order valence-corrected chi connectivity index (χ4v) is 2.48. The van der Waals surface area contributed by atoms with E-state index in [0.717, 1.165) is 11.1 Å². The number of hydrogen-bond donors (Lipinski definition) is 3. The first-order chi connectivity index (χ1) is 11.0. The third-order valence-electron chi connectivity index (χ3n) is 3.64. The monoisotopic (exact) mass is 308 g/mol. The normalized spacial score (nSPS) is 10.7. The Bertz CT molecular complexity index is 885. The molecular formula is C17H16N4O2. The number of nitrogens with zero attached hydrogens (tertiary/aromatic N) is 2. The topological polar surface area (TPSA) is 107 Å². The lowest BCUT2D eigenvalue weighted by molar-refractivity contribution is 0.100. The lowest BCUT2D eigenvalue weighted by atomic mass is 10.1. The van der Waals surface area contributed by atoms with Crippen LogP contribution in [0.1, 0.15) is 15.9 Å². The summed E-state index contributed by atoms with van der Waals surface area (Å²) < 4.78 is 1.43. The number of primary amides is 1. The molecule has 0 aliphatic heterocycles. The summed E-state index contributed by atoms with van der Waals surface area (Å²) in [6.07, 6.45) is 0. The molecular weight excluding hydrogens is 292 g/mol. The standard InChI is InChI=1S/C17H16N4O2/c1-10-7-8-12(22)9-13(10)21-16(18)14(17(19)23)15(20-21)11-5-3-2-4-6-11/h2-9,22H,18H2,1H3,(H2,19,23). The molecule has 0 bridgehead atoms. The van der Waals surface area contributed by atoms with Crippen LogP contribution in [-0.2, 0) is 0 Å². The van der Waals surface area contributed by atoms with Gasteiger partial charge >= 0.3 is 0 Å². The molecule has 0 fully saturated rings. The molecule has 3 rings (SSSR count). The van der Waals surface area contributed by atoms with E-state index >= 15 is 0 Å². The Labute approximate surface area is 133 Å². The maximum Gasteiger partial charge on any atom is 0.254 e. The third kappa shape index (κ3) is 2.50. The van der Waals surface area contributed by atoms with E-state index in [9.17, 15) is 9.90 Å². The van der Waals surface area contributed by atoms with Crippen LogP contribution in [-0.4, -0.2) is 20.8 Å². The molecule has 116 valence electrons. The molecule has 0 spiro atoms. The Morgan fingerprint density at radius 3 is 2.52 bits per heavy atom. The molecule has 5 N–H and O–H groups in total. The van der Waals surface area contributed by atoms with Gasteiger partial charge in [0.2, 0.25) is 0 Å². The lowest BCUT2D eigenvalue weighted by Gasteiger charge is -2.08. The molecule has 0 aliphatic carbocycles. The van der Waals surface area contributed by atoms with E-state index in [0.29, 0.717) is 11.4 Å². The van der Waals surface area contributed by atoms with Crippen molar-refractivity contribution >= 4 is 11.7 Å². The van der Waals surface area contributed by atoms with Gasteiger partial charge in [0.15, 0.2) is 0 Å². The number of anilines is 1. The average Bonchev–Trinajstić information content (AvgIpc) is 2.88. The molecule has 1 amide bonds. The Balaban J connectivity index is 2.28. The number of aromatic hydroxyl groups is 1. The van der Waals surface area contributed by atoms with Gasteiger partial charge in [0.1, 0.15) is 22.8 Å².